The van der Waals surface area contributed by atoms with Crippen LogP contribution < -0.4 is 10.1 Å². The van der Waals surface area contributed by atoms with E-state index in [0.29, 0.717) is 0 Å². The first-order valence-electron chi connectivity index (χ1n) is 5.57. The van der Waals surface area contributed by atoms with Gasteiger partial charge in [0.25, 0.3) is 5.91 Å². The lowest BCUT2D eigenvalue weighted by atomic mass is 10.2. The molecule has 104 valence electrons. The number of amides is 1. The van der Waals surface area contributed by atoms with Crippen LogP contribution in [0.25, 0.3) is 6.08 Å². The number of benzene rings is 1. The van der Waals surface area contributed by atoms with E-state index in [0.717, 1.165) is 12.1 Å². The van der Waals surface area contributed by atoms with Crippen molar-refractivity contribution in [3.63, 3.8) is 0 Å². The first-order valence-corrected chi connectivity index (χ1v) is 5.57. The van der Waals surface area contributed by atoms with Crippen LogP contribution in [0.1, 0.15) is 5.56 Å². The summed E-state index contributed by atoms with van der Waals surface area (Å²) >= 11 is 0. The topological polar surface area (TPSA) is 75.6 Å². The highest BCUT2D eigenvalue weighted by Gasteiger charge is 2.10. The normalized spacial score (nSPS) is 10.0. The van der Waals surface area contributed by atoms with Gasteiger partial charge in [-0.1, -0.05) is 18.1 Å². The molecule has 0 radical (unpaired) electrons. The number of aliphatic carboxylic acids is 1. The van der Waals surface area contributed by atoms with E-state index in [1.54, 1.807) is 0 Å². The molecule has 6 heteroatoms. The zero-order valence-electron chi connectivity index (χ0n) is 10.4. The lowest BCUT2D eigenvalue weighted by Crippen LogP contribution is -2.29. The van der Waals surface area contributed by atoms with Gasteiger partial charge < -0.3 is 15.2 Å². The number of rotatable bonds is 6. The molecule has 0 aliphatic heterocycles. The molecular weight excluding hydrogens is 265 g/mol. The Morgan fingerprint density at radius 1 is 1.50 bits per heavy atom. The molecule has 0 unspecified atom stereocenters. The van der Waals surface area contributed by atoms with E-state index in [2.05, 4.69) is 11.2 Å². The van der Waals surface area contributed by atoms with Crippen molar-refractivity contribution in [3.05, 3.63) is 35.7 Å². The molecule has 1 aromatic carbocycles. The molecule has 2 N–H and O–H groups in total. The Bertz CT molecular complexity index is 575. The van der Waals surface area contributed by atoms with Gasteiger partial charge in [-0.3, -0.25) is 4.79 Å². The summed E-state index contributed by atoms with van der Waals surface area (Å²) in [6, 6.07) is 4.02. The Labute approximate surface area is 115 Å². The van der Waals surface area contributed by atoms with Crippen molar-refractivity contribution < 1.29 is 23.8 Å². The maximum atomic E-state index is 13.6. The Morgan fingerprint density at radius 3 is 2.90 bits per heavy atom. The highest BCUT2D eigenvalue weighted by molar-refractivity contribution is 5.86. The largest absolute Gasteiger partial charge is 0.480 e. The van der Waals surface area contributed by atoms with Crippen LogP contribution in [0.4, 0.5) is 4.39 Å². The molecule has 0 heterocycles. The Kier molecular flexibility index (Phi) is 5.78. The van der Waals surface area contributed by atoms with Gasteiger partial charge in [0, 0.05) is 11.6 Å². The highest BCUT2D eigenvalue weighted by atomic mass is 19.1. The number of terminal acetylenes is 1. The average Bonchev–Trinajstić information content (AvgIpc) is 2.41. The number of hydrogen-bond acceptors (Lipinski definition) is 3. The van der Waals surface area contributed by atoms with E-state index >= 15 is 0 Å². The van der Waals surface area contributed by atoms with Crippen LogP contribution in [0.5, 0.6) is 5.75 Å². The number of para-hydroxylation sites is 1. The minimum atomic E-state index is -1.17. The number of ether oxygens (including phenoxy) is 1. The van der Waals surface area contributed by atoms with Crippen molar-refractivity contribution in [3.8, 4) is 18.1 Å². The van der Waals surface area contributed by atoms with Crippen LogP contribution in [0.15, 0.2) is 24.3 Å². The molecule has 20 heavy (non-hydrogen) atoms. The summed E-state index contributed by atoms with van der Waals surface area (Å²) in [7, 11) is 0. The molecule has 0 fully saturated rings. The van der Waals surface area contributed by atoms with Gasteiger partial charge in [-0.25, -0.2) is 9.18 Å². The molecule has 1 aromatic rings. The quantitative estimate of drug-likeness (QED) is 0.602. The zero-order valence-corrected chi connectivity index (χ0v) is 10.4. The van der Waals surface area contributed by atoms with Gasteiger partial charge in [0.15, 0.2) is 18.2 Å². The van der Waals surface area contributed by atoms with Gasteiger partial charge in [0.05, 0.1) is 6.54 Å². The van der Waals surface area contributed by atoms with Gasteiger partial charge in [0.1, 0.15) is 0 Å². The second-order valence-electron chi connectivity index (χ2n) is 3.60. The minimum absolute atomic E-state index is 0.0469. The molecule has 0 saturated heterocycles. The maximum Gasteiger partial charge on any atom is 0.328 e. The third-order valence-corrected chi connectivity index (χ3v) is 2.14. The first kappa shape index (κ1) is 15.2. The van der Waals surface area contributed by atoms with E-state index in [-0.39, 0.29) is 17.9 Å². The second kappa shape index (κ2) is 7.59. The van der Waals surface area contributed by atoms with Crippen LogP contribution in [0.3, 0.4) is 0 Å². The lowest BCUT2D eigenvalue weighted by molar-refractivity contribution is -0.131. The molecule has 0 saturated carbocycles. The van der Waals surface area contributed by atoms with Crippen LogP contribution in [0.2, 0.25) is 0 Å². The third kappa shape index (κ3) is 4.82. The predicted octanol–water partition coefficient (Wildman–Crippen LogP) is 1.05. The predicted molar refractivity (Wildman–Crippen MR) is 70.4 cm³/mol. The van der Waals surface area contributed by atoms with E-state index in [4.69, 9.17) is 16.3 Å². The summed E-state index contributed by atoms with van der Waals surface area (Å²) < 4.78 is 18.7. The van der Waals surface area contributed by atoms with E-state index in [1.807, 2.05) is 0 Å². The summed E-state index contributed by atoms with van der Waals surface area (Å²) in [5.74, 6) is -0.346. The summed E-state index contributed by atoms with van der Waals surface area (Å²) in [5, 5.41) is 10.9. The summed E-state index contributed by atoms with van der Waals surface area (Å²) in [4.78, 5) is 21.7. The van der Waals surface area contributed by atoms with Crippen molar-refractivity contribution in [1.29, 1.82) is 0 Å². The molecule has 0 spiro atoms. The molecule has 0 atom stereocenters. The summed E-state index contributed by atoms with van der Waals surface area (Å²) in [5.41, 5.74) is 0.220. The summed E-state index contributed by atoms with van der Waals surface area (Å²) in [6.07, 6.45) is 7.00. The van der Waals surface area contributed by atoms with Gasteiger partial charge in [-0.05, 0) is 12.1 Å². The van der Waals surface area contributed by atoms with Crippen LogP contribution >= 0.6 is 0 Å². The zero-order chi connectivity index (χ0) is 15.0. The van der Waals surface area contributed by atoms with Crippen LogP contribution in [-0.4, -0.2) is 30.1 Å². The van der Waals surface area contributed by atoms with Crippen LogP contribution in [0, 0.1) is 18.2 Å². The number of carboxylic acid groups (broad SMARTS) is 1. The molecule has 1 rings (SSSR count). The fraction of sp³-hybridized carbons (Fsp3) is 0.143. The van der Waals surface area contributed by atoms with Gasteiger partial charge in [-0.2, -0.15) is 0 Å². The number of hydrogen-bond donors (Lipinski definition) is 2. The third-order valence-electron chi connectivity index (χ3n) is 2.14. The number of carbonyl (C=O) groups excluding carboxylic acids is 1. The van der Waals surface area contributed by atoms with Gasteiger partial charge >= 0.3 is 5.97 Å². The molecule has 0 aliphatic rings. The van der Waals surface area contributed by atoms with Crippen molar-refractivity contribution in [2.45, 2.75) is 0 Å². The van der Waals surface area contributed by atoms with Crippen LogP contribution in [-0.2, 0) is 9.59 Å². The first-order chi connectivity index (χ1) is 9.54. The number of carboxylic acids is 1. The summed E-state index contributed by atoms with van der Waals surface area (Å²) in [6.45, 7) is -0.373. The van der Waals surface area contributed by atoms with Crippen molar-refractivity contribution in [2.75, 3.05) is 13.2 Å². The SMILES string of the molecule is C#CCNC(=O)COc1c(F)cccc1/C=C/C(=O)O. The standard InChI is InChI=1S/C14H12FNO4/c1-2-8-16-12(17)9-20-14-10(6-7-13(18)19)4-3-5-11(14)15/h1,3-7H,8-9H2,(H,16,17)(H,18,19)/b7-6+. The number of carbonyl (C=O) groups is 2. The maximum absolute atomic E-state index is 13.6. The monoisotopic (exact) mass is 277 g/mol. The minimum Gasteiger partial charge on any atom is -0.480 e. The van der Waals surface area contributed by atoms with E-state index in [1.165, 1.54) is 18.2 Å². The molecule has 0 aromatic heterocycles. The molecule has 0 bridgehead atoms. The fourth-order valence-electron chi connectivity index (χ4n) is 1.31. The molecule has 0 aliphatic carbocycles. The smallest absolute Gasteiger partial charge is 0.328 e. The van der Waals surface area contributed by atoms with Crippen molar-refractivity contribution in [2.24, 2.45) is 0 Å². The fourth-order valence-corrected chi connectivity index (χ4v) is 1.31. The van der Waals surface area contributed by atoms with Crippen molar-refractivity contribution >= 4 is 18.0 Å². The van der Waals surface area contributed by atoms with Gasteiger partial charge in [-0.15, -0.1) is 6.42 Å². The second-order valence-corrected chi connectivity index (χ2v) is 3.60. The average molecular weight is 277 g/mol. The van der Waals surface area contributed by atoms with E-state index < -0.39 is 24.3 Å². The molecular formula is C14H12FNO4. The Morgan fingerprint density at radius 2 is 2.25 bits per heavy atom. The Hall–Kier alpha value is -2.81. The van der Waals surface area contributed by atoms with Crippen molar-refractivity contribution in [1.82, 2.24) is 5.32 Å². The molecule has 5 nitrogen and oxygen atoms in total. The number of nitrogens with one attached hydrogen (secondary N) is 1. The van der Waals surface area contributed by atoms with E-state index in [9.17, 15) is 14.0 Å². The highest BCUT2D eigenvalue weighted by Crippen LogP contribution is 2.23. The number of halogens is 1. The molecule has 1 amide bonds. The lowest BCUT2D eigenvalue weighted by Gasteiger charge is -2.09. The van der Waals surface area contributed by atoms with Gasteiger partial charge in [0.2, 0.25) is 0 Å². The Balaban J connectivity index is 2.80.